The fraction of sp³-hybridized carbons (Fsp3) is 0.800. The summed E-state index contributed by atoms with van der Waals surface area (Å²) in [5.74, 6) is 0.221. The van der Waals surface area contributed by atoms with E-state index >= 15 is 0 Å². The summed E-state index contributed by atoms with van der Waals surface area (Å²) in [6.45, 7) is 7.54. The van der Waals surface area contributed by atoms with E-state index in [0.29, 0.717) is 19.5 Å². The van der Waals surface area contributed by atoms with Gasteiger partial charge in [0.15, 0.2) is 0 Å². The second-order valence-corrected chi connectivity index (χ2v) is 4.25. The van der Waals surface area contributed by atoms with E-state index in [1.54, 1.807) is 6.92 Å². The molecule has 1 aliphatic heterocycles. The molecule has 0 spiro atoms. The molecule has 0 aromatic carbocycles. The molecule has 0 atom stereocenters. The van der Waals surface area contributed by atoms with Crippen molar-refractivity contribution in [1.29, 1.82) is 0 Å². The first-order chi connectivity index (χ1) is 6.44. The van der Waals surface area contributed by atoms with Crippen molar-refractivity contribution in [2.24, 2.45) is 0 Å². The molecule has 0 radical (unpaired) electrons. The molecular formula is C10H18N2O2. The number of piperazine rings is 1. The minimum absolute atomic E-state index is 0.0484. The Hall–Kier alpha value is -0.900. The maximum atomic E-state index is 11.5. The van der Waals surface area contributed by atoms with E-state index in [2.05, 4.69) is 10.2 Å². The zero-order valence-corrected chi connectivity index (χ0v) is 9.09. The van der Waals surface area contributed by atoms with Crippen LogP contribution >= 0.6 is 0 Å². The molecule has 14 heavy (non-hydrogen) atoms. The van der Waals surface area contributed by atoms with Gasteiger partial charge in [-0.15, -0.1) is 0 Å². The Kier molecular flexibility index (Phi) is 3.26. The summed E-state index contributed by atoms with van der Waals surface area (Å²) >= 11 is 0. The maximum absolute atomic E-state index is 11.5. The molecule has 0 aliphatic carbocycles. The van der Waals surface area contributed by atoms with Crippen LogP contribution < -0.4 is 5.32 Å². The zero-order valence-electron chi connectivity index (χ0n) is 9.09. The lowest BCUT2D eigenvalue weighted by Gasteiger charge is -2.41. The number of carbonyl (C=O) groups is 2. The van der Waals surface area contributed by atoms with Gasteiger partial charge in [-0.1, -0.05) is 0 Å². The van der Waals surface area contributed by atoms with Crippen molar-refractivity contribution in [3.05, 3.63) is 0 Å². The maximum Gasteiger partial charge on any atom is 0.239 e. The molecule has 1 N–H and O–H groups in total. The summed E-state index contributed by atoms with van der Waals surface area (Å²) in [7, 11) is 0. The summed E-state index contributed by atoms with van der Waals surface area (Å²) in [6, 6.07) is 0. The lowest BCUT2D eigenvalue weighted by molar-refractivity contribution is -0.135. The van der Waals surface area contributed by atoms with Crippen LogP contribution in [0.3, 0.4) is 0 Å². The van der Waals surface area contributed by atoms with Gasteiger partial charge in [-0.2, -0.15) is 0 Å². The topological polar surface area (TPSA) is 49.4 Å². The monoisotopic (exact) mass is 198 g/mol. The van der Waals surface area contributed by atoms with Gasteiger partial charge in [-0.3, -0.25) is 14.5 Å². The van der Waals surface area contributed by atoms with Crippen LogP contribution in [0.4, 0.5) is 0 Å². The number of hydrogen-bond acceptors (Lipinski definition) is 3. The quantitative estimate of drug-likeness (QED) is 0.703. The van der Waals surface area contributed by atoms with Crippen LogP contribution in [0.15, 0.2) is 0 Å². The first kappa shape index (κ1) is 11.2. The van der Waals surface area contributed by atoms with Gasteiger partial charge in [-0.25, -0.2) is 0 Å². The summed E-state index contributed by atoms with van der Waals surface area (Å²) in [5, 5.41) is 2.82. The lowest BCUT2D eigenvalue weighted by atomic mass is 9.98. The van der Waals surface area contributed by atoms with Crippen molar-refractivity contribution in [1.82, 2.24) is 10.2 Å². The van der Waals surface area contributed by atoms with Gasteiger partial charge in [0, 0.05) is 26.1 Å². The van der Waals surface area contributed by atoms with Crippen molar-refractivity contribution < 1.29 is 9.59 Å². The summed E-state index contributed by atoms with van der Waals surface area (Å²) in [6.07, 6.45) is 0.525. The van der Waals surface area contributed by atoms with E-state index in [4.69, 9.17) is 0 Å². The van der Waals surface area contributed by atoms with E-state index in [-0.39, 0.29) is 11.7 Å². The van der Waals surface area contributed by atoms with E-state index in [9.17, 15) is 9.59 Å². The number of carbonyl (C=O) groups excluding carboxylic acids is 2. The van der Waals surface area contributed by atoms with Gasteiger partial charge in [0.2, 0.25) is 5.91 Å². The minimum atomic E-state index is -0.478. The highest BCUT2D eigenvalue weighted by Crippen LogP contribution is 2.17. The minimum Gasteiger partial charge on any atom is -0.353 e. The molecule has 0 unspecified atom stereocenters. The summed E-state index contributed by atoms with van der Waals surface area (Å²) in [4.78, 5) is 24.4. The van der Waals surface area contributed by atoms with Crippen LogP contribution in [0.25, 0.3) is 0 Å². The normalized spacial score (nSPS) is 21.8. The third kappa shape index (κ3) is 2.32. The number of Topliss-reactive ketones (excluding diaryl/α,β-unsaturated/α-hetero) is 1. The molecule has 0 saturated carbocycles. The van der Waals surface area contributed by atoms with E-state index in [1.807, 2.05) is 13.8 Å². The fourth-order valence-electron chi connectivity index (χ4n) is 1.63. The predicted molar refractivity (Wildman–Crippen MR) is 54.0 cm³/mol. The average molecular weight is 198 g/mol. The molecule has 0 bridgehead atoms. The van der Waals surface area contributed by atoms with Gasteiger partial charge in [0.25, 0.3) is 0 Å². The lowest BCUT2D eigenvalue weighted by Crippen LogP contribution is -2.61. The van der Waals surface area contributed by atoms with Crippen molar-refractivity contribution in [2.75, 3.05) is 19.6 Å². The summed E-state index contributed by atoms with van der Waals surface area (Å²) in [5.41, 5.74) is -0.478. The molecule has 0 aromatic rings. The van der Waals surface area contributed by atoms with Crippen molar-refractivity contribution in [2.45, 2.75) is 32.7 Å². The molecule has 0 aromatic heterocycles. The Morgan fingerprint density at radius 2 is 2.21 bits per heavy atom. The second kappa shape index (κ2) is 4.09. The molecule has 1 aliphatic rings. The molecule has 1 rings (SSSR count). The number of nitrogens with one attached hydrogen (secondary N) is 1. The third-order valence-corrected chi connectivity index (χ3v) is 2.75. The molecule has 80 valence electrons. The standard InChI is InChI=1S/C10H18N2O2/c1-8(13)4-6-12-7-5-11-9(14)10(12,2)3/h4-7H2,1-3H3,(H,11,14). The molecule has 1 heterocycles. The molecular weight excluding hydrogens is 180 g/mol. The highest BCUT2D eigenvalue weighted by Gasteiger charge is 2.36. The largest absolute Gasteiger partial charge is 0.353 e. The highest BCUT2D eigenvalue weighted by molar-refractivity contribution is 5.86. The van der Waals surface area contributed by atoms with Gasteiger partial charge < -0.3 is 5.32 Å². The summed E-state index contributed by atoms with van der Waals surface area (Å²) < 4.78 is 0. The van der Waals surface area contributed by atoms with Gasteiger partial charge in [0.05, 0.1) is 5.54 Å². The van der Waals surface area contributed by atoms with E-state index < -0.39 is 5.54 Å². The first-order valence-electron chi connectivity index (χ1n) is 4.97. The van der Waals surface area contributed by atoms with E-state index in [0.717, 1.165) is 6.54 Å². The Labute approximate surface area is 84.7 Å². The van der Waals surface area contributed by atoms with Crippen LogP contribution in [0.1, 0.15) is 27.2 Å². The van der Waals surface area contributed by atoms with Crippen molar-refractivity contribution in [3.8, 4) is 0 Å². The Morgan fingerprint density at radius 3 is 2.79 bits per heavy atom. The SMILES string of the molecule is CC(=O)CCN1CCNC(=O)C1(C)C. The van der Waals surface area contributed by atoms with Gasteiger partial charge >= 0.3 is 0 Å². The van der Waals surface area contributed by atoms with Gasteiger partial charge in [-0.05, 0) is 20.8 Å². The number of nitrogens with zero attached hydrogens (tertiary/aromatic N) is 1. The second-order valence-electron chi connectivity index (χ2n) is 4.25. The highest BCUT2D eigenvalue weighted by atomic mass is 16.2. The van der Waals surface area contributed by atoms with Crippen LogP contribution in [0.2, 0.25) is 0 Å². The fourth-order valence-corrected chi connectivity index (χ4v) is 1.63. The first-order valence-corrected chi connectivity index (χ1v) is 4.97. The Bertz CT molecular complexity index is 249. The van der Waals surface area contributed by atoms with Crippen molar-refractivity contribution in [3.63, 3.8) is 0 Å². The smallest absolute Gasteiger partial charge is 0.239 e. The molecule has 4 heteroatoms. The molecule has 1 saturated heterocycles. The molecule has 4 nitrogen and oxygen atoms in total. The number of amides is 1. The number of ketones is 1. The van der Waals surface area contributed by atoms with E-state index in [1.165, 1.54) is 0 Å². The third-order valence-electron chi connectivity index (χ3n) is 2.75. The predicted octanol–water partition coefficient (Wildman–Crippen LogP) is 0.176. The number of rotatable bonds is 3. The Balaban J connectivity index is 2.58. The van der Waals surface area contributed by atoms with Crippen LogP contribution in [0, 0.1) is 0 Å². The van der Waals surface area contributed by atoms with Crippen LogP contribution in [-0.2, 0) is 9.59 Å². The van der Waals surface area contributed by atoms with Gasteiger partial charge in [0.1, 0.15) is 5.78 Å². The van der Waals surface area contributed by atoms with Crippen molar-refractivity contribution >= 4 is 11.7 Å². The van der Waals surface area contributed by atoms with Crippen LogP contribution in [-0.4, -0.2) is 41.8 Å². The zero-order chi connectivity index (χ0) is 10.8. The average Bonchev–Trinajstić information content (AvgIpc) is 2.07. The van der Waals surface area contributed by atoms with Crippen LogP contribution in [0.5, 0.6) is 0 Å². The molecule has 1 fully saturated rings. The number of hydrogen-bond donors (Lipinski definition) is 1. The molecule has 1 amide bonds. The Morgan fingerprint density at radius 1 is 1.57 bits per heavy atom.